The van der Waals surface area contributed by atoms with Crippen LogP contribution in [0.1, 0.15) is 44.7 Å². The van der Waals surface area contributed by atoms with Crippen molar-refractivity contribution in [3.05, 3.63) is 22.1 Å². The van der Waals surface area contributed by atoms with Gasteiger partial charge >= 0.3 is 0 Å². The molecule has 2 saturated heterocycles. The molecule has 4 aliphatic rings. The molecular weight excluding hydrogens is 322 g/mol. The predicted octanol–water partition coefficient (Wildman–Crippen LogP) is 2.60. The number of nitrogens with zero attached hydrogens (tertiary/aromatic N) is 2. The van der Waals surface area contributed by atoms with Crippen LogP contribution in [0.2, 0.25) is 0 Å². The molecule has 130 valence electrons. The van der Waals surface area contributed by atoms with Gasteiger partial charge in [-0.05, 0) is 63.7 Å². The third-order valence-corrected chi connectivity index (χ3v) is 6.85. The summed E-state index contributed by atoms with van der Waals surface area (Å²) < 4.78 is 0. The Labute approximate surface area is 146 Å². The van der Waals surface area contributed by atoms with Crippen molar-refractivity contribution in [2.45, 2.75) is 62.4 Å². The van der Waals surface area contributed by atoms with Crippen molar-refractivity contribution in [2.75, 3.05) is 6.54 Å². The van der Waals surface area contributed by atoms with Crippen molar-refractivity contribution in [2.24, 2.45) is 17.8 Å². The van der Waals surface area contributed by atoms with E-state index in [-0.39, 0.29) is 16.7 Å². The van der Waals surface area contributed by atoms with Crippen molar-refractivity contribution in [1.82, 2.24) is 14.9 Å². The fourth-order valence-electron chi connectivity index (χ4n) is 5.11. The number of aryl methyl sites for hydroxylation is 1. The van der Waals surface area contributed by atoms with Crippen LogP contribution >= 0.6 is 11.8 Å². The smallest absolute Gasteiger partial charge is 0.251 e. The van der Waals surface area contributed by atoms with E-state index in [0.717, 1.165) is 18.4 Å². The number of aromatic amines is 1. The summed E-state index contributed by atoms with van der Waals surface area (Å²) in [5, 5.41) is 0.326. The Morgan fingerprint density at radius 2 is 1.92 bits per heavy atom. The minimum absolute atomic E-state index is 0.157. The molecule has 1 aromatic rings. The van der Waals surface area contributed by atoms with E-state index < -0.39 is 0 Å². The van der Waals surface area contributed by atoms with Gasteiger partial charge in [0.1, 0.15) is 0 Å². The Morgan fingerprint density at radius 1 is 1.25 bits per heavy atom. The van der Waals surface area contributed by atoms with Crippen LogP contribution in [0.25, 0.3) is 0 Å². The summed E-state index contributed by atoms with van der Waals surface area (Å²) in [6.07, 6.45) is 6.38. The van der Waals surface area contributed by atoms with Gasteiger partial charge in [0.15, 0.2) is 5.16 Å². The van der Waals surface area contributed by atoms with Crippen LogP contribution in [0.15, 0.2) is 16.0 Å². The third-order valence-electron chi connectivity index (χ3n) is 5.87. The van der Waals surface area contributed by atoms with E-state index in [2.05, 4.69) is 14.9 Å². The average Bonchev–Trinajstić information content (AvgIpc) is 2.69. The summed E-state index contributed by atoms with van der Waals surface area (Å²) in [6, 6.07) is 1.90. The summed E-state index contributed by atoms with van der Waals surface area (Å²) >= 11 is 1.37. The van der Waals surface area contributed by atoms with Gasteiger partial charge in [-0.1, -0.05) is 11.8 Å². The minimum atomic E-state index is -0.217. The summed E-state index contributed by atoms with van der Waals surface area (Å²) in [6.45, 7) is 4.67. The molecule has 2 saturated carbocycles. The van der Waals surface area contributed by atoms with E-state index >= 15 is 0 Å². The maximum Gasteiger partial charge on any atom is 0.251 e. The van der Waals surface area contributed by atoms with Gasteiger partial charge in [-0.25, -0.2) is 4.98 Å². The maximum atomic E-state index is 13.1. The molecule has 0 spiro atoms. The van der Waals surface area contributed by atoms with E-state index in [9.17, 15) is 9.59 Å². The van der Waals surface area contributed by atoms with Gasteiger partial charge in [0, 0.05) is 24.3 Å². The molecule has 2 aliphatic heterocycles. The van der Waals surface area contributed by atoms with Gasteiger partial charge in [0.25, 0.3) is 5.56 Å². The Balaban J connectivity index is 1.49. The van der Waals surface area contributed by atoms with E-state index in [1.807, 2.05) is 6.92 Å². The molecule has 5 atom stereocenters. The molecule has 1 amide bonds. The van der Waals surface area contributed by atoms with E-state index in [4.69, 9.17) is 0 Å². The number of hydrogen-bond acceptors (Lipinski definition) is 4. The molecule has 5 rings (SSSR count). The van der Waals surface area contributed by atoms with E-state index in [1.165, 1.54) is 49.9 Å². The van der Waals surface area contributed by atoms with Crippen LogP contribution in [0, 0.1) is 24.7 Å². The van der Waals surface area contributed by atoms with Crippen LogP contribution in [0.4, 0.5) is 0 Å². The monoisotopic (exact) mass is 347 g/mol. The summed E-state index contributed by atoms with van der Waals surface area (Å²) in [7, 11) is 0. The normalized spacial score (nSPS) is 32.7. The molecule has 0 aromatic carbocycles. The standard InChI is InChI=1S/C18H25N3O2S/c1-10-3-16(22)20-18(19-10)24-11(2)17(23)21-9-14-5-12-4-13(6-14)8-15(21)7-12/h3,11-15H,4-9H2,1-2H3,(H,19,20,22)/t11?,12-,13?,14?,15?/m0/s1. The molecule has 24 heavy (non-hydrogen) atoms. The molecule has 4 fully saturated rings. The Kier molecular flexibility index (Phi) is 4.19. The first kappa shape index (κ1) is 16.2. The minimum Gasteiger partial charge on any atom is -0.338 e. The highest BCUT2D eigenvalue weighted by atomic mass is 32.2. The number of thioether (sulfide) groups is 1. The Morgan fingerprint density at radius 3 is 2.58 bits per heavy atom. The van der Waals surface area contributed by atoms with E-state index in [0.29, 0.717) is 22.8 Å². The van der Waals surface area contributed by atoms with E-state index in [1.54, 1.807) is 6.92 Å². The molecule has 6 heteroatoms. The molecule has 4 unspecified atom stereocenters. The largest absolute Gasteiger partial charge is 0.338 e. The third kappa shape index (κ3) is 3.13. The fraction of sp³-hybridized carbons (Fsp3) is 0.722. The van der Waals surface area contributed by atoms with Gasteiger partial charge in [0.05, 0.1) is 5.25 Å². The first-order chi connectivity index (χ1) is 11.5. The number of rotatable bonds is 3. The molecule has 5 nitrogen and oxygen atoms in total. The lowest BCUT2D eigenvalue weighted by Gasteiger charge is -2.39. The van der Waals surface area contributed by atoms with Gasteiger partial charge in [-0.2, -0.15) is 0 Å². The topological polar surface area (TPSA) is 66.1 Å². The lowest BCUT2D eigenvalue weighted by Crippen LogP contribution is -2.45. The summed E-state index contributed by atoms with van der Waals surface area (Å²) in [5.41, 5.74) is 0.530. The number of hydrogen-bond donors (Lipinski definition) is 1. The molecular formula is C18H25N3O2S. The molecule has 0 radical (unpaired) electrons. The first-order valence-electron chi connectivity index (χ1n) is 9.03. The second-order valence-corrected chi connectivity index (χ2v) is 9.20. The summed E-state index contributed by atoms with van der Waals surface area (Å²) in [5.74, 6) is 2.58. The van der Waals surface area contributed by atoms with Gasteiger partial charge in [-0.15, -0.1) is 0 Å². The SMILES string of the molecule is Cc1cc(=O)[nH]c(SC(C)C(=O)N2CC3CC4CC2C[C@@H](C4)C3)n1. The first-order valence-corrected chi connectivity index (χ1v) is 9.91. The predicted molar refractivity (Wildman–Crippen MR) is 94.0 cm³/mol. The second kappa shape index (κ2) is 6.21. The summed E-state index contributed by atoms with van der Waals surface area (Å²) in [4.78, 5) is 33.9. The molecule has 4 bridgehead atoms. The molecule has 1 aromatic heterocycles. The van der Waals surface area contributed by atoms with Crippen LogP contribution in [0.3, 0.4) is 0 Å². The van der Waals surface area contributed by atoms with Gasteiger partial charge in [0.2, 0.25) is 5.91 Å². The quantitative estimate of drug-likeness (QED) is 0.674. The maximum absolute atomic E-state index is 13.1. The highest BCUT2D eigenvalue weighted by molar-refractivity contribution is 8.00. The fourth-order valence-corrected chi connectivity index (χ4v) is 6.04. The lowest BCUT2D eigenvalue weighted by atomic mass is 9.68. The number of H-pyrrole nitrogens is 1. The second-order valence-electron chi connectivity index (χ2n) is 7.87. The van der Waals surface area contributed by atoms with Crippen molar-refractivity contribution in [3.63, 3.8) is 0 Å². The Bertz CT molecular complexity index is 690. The van der Waals surface area contributed by atoms with Crippen molar-refractivity contribution in [3.8, 4) is 0 Å². The average molecular weight is 347 g/mol. The highest BCUT2D eigenvalue weighted by Gasteiger charge is 2.44. The number of carbonyl (C=O) groups excluding carboxylic acids is 1. The van der Waals surface area contributed by atoms with Crippen LogP contribution in [0.5, 0.6) is 0 Å². The number of carbonyl (C=O) groups is 1. The van der Waals surface area contributed by atoms with Crippen LogP contribution in [-0.4, -0.2) is 38.6 Å². The zero-order valence-electron chi connectivity index (χ0n) is 14.3. The number of nitrogens with one attached hydrogen (secondary N) is 1. The van der Waals surface area contributed by atoms with Crippen LogP contribution < -0.4 is 5.56 Å². The number of aromatic nitrogens is 2. The van der Waals surface area contributed by atoms with Crippen LogP contribution in [-0.2, 0) is 4.79 Å². The number of fused-ring (bicyclic) bond motifs is 1. The molecule has 3 heterocycles. The highest BCUT2D eigenvalue weighted by Crippen LogP contribution is 2.47. The van der Waals surface area contributed by atoms with Crippen molar-refractivity contribution >= 4 is 17.7 Å². The Hall–Kier alpha value is -1.30. The molecule has 1 N–H and O–H groups in total. The lowest BCUT2D eigenvalue weighted by molar-refractivity contribution is -0.133. The zero-order chi connectivity index (χ0) is 16.8. The number of amides is 1. The molecule has 2 aliphatic carbocycles. The van der Waals surface area contributed by atoms with Crippen molar-refractivity contribution in [1.29, 1.82) is 0 Å². The van der Waals surface area contributed by atoms with Gasteiger partial charge < -0.3 is 9.88 Å². The van der Waals surface area contributed by atoms with Gasteiger partial charge in [-0.3, -0.25) is 9.59 Å². The zero-order valence-corrected chi connectivity index (χ0v) is 15.1. The van der Waals surface area contributed by atoms with Crippen molar-refractivity contribution < 1.29 is 4.79 Å².